The number of piperazine rings is 1. The van der Waals surface area contributed by atoms with Gasteiger partial charge in [0, 0.05) is 19.2 Å². The molecule has 3 aromatic rings. The molecule has 0 aliphatic carbocycles. The zero-order valence-corrected chi connectivity index (χ0v) is 14.4. The number of hydrogen-bond acceptors (Lipinski definition) is 5. The summed E-state index contributed by atoms with van der Waals surface area (Å²) in [4.78, 5) is 38.4. The number of nitrogens with one attached hydrogen (secondary N) is 2. The summed E-state index contributed by atoms with van der Waals surface area (Å²) in [6, 6.07) is 15.2. The van der Waals surface area contributed by atoms with Gasteiger partial charge in [0.15, 0.2) is 11.2 Å². The third-order valence-corrected chi connectivity index (χ3v) is 4.39. The van der Waals surface area contributed by atoms with Crippen LogP contribution in [-0.2, 0) is 4.79 Å². The Bertz CT molecular complexity index is 1090. The van der Waals surface area contributed by atoms with Gasteiger partial charge in [0.1, 0.15) is 5.58 Å². The normalized spacial score (nSPS) is 14.1. The van der Waals surface area contributed by atoms with Gasteiger partial charge in [-0.2, -0.15) is 0 Å². The Morgan fingerprint density at radius 1 is 1.07 bits per heavy atom. The fourth-order valence-electron chi connectivity index (χ4n) is 3.10. The van der Waals surface area contributed by atoms with E-state index in [1.165, 1.54) is 6.07 Å². The number of hydrogen-bond donors (Lipinski definition) is 2. The van der Waals surface area contributed by atoms with Gasteiger partial charge in [0.25, 0.3) is 5.91 Å². The van der Waals surface area contributed by atoms with Crippen LogP contribution < -0.4 is 21.0 Å². The molecule has 0 radical (unpaired) electrons. The largest absolute Gasteiger partial charge is 0.451 e. The van der Waals surface area contributed by atoms with Crippen molar-refractivity contribution in [3.05, 3.63) is 70.6 Å². The maximum atomic E-state index is 12.7. The first-order valence-electron chi connectivity index (χ1n) is 8.57. The molecule has 0 saturated carbocycles. The lowest BCUT2D eigenvalue weighted by molar-refractivity contribution is -0.120. The molecule has 1 fully saturated rings. The fraction of sp³-hybridized carbons (Fsp3) is 0.150. The van der Waals surface area contributed by atoms with E-state index in [2.05, 4.69) is 10.6 Å². The van der Waals surface area contributed by atoms with Crippen molar-refractivity contribution in [1.29, 1.82) is 0 Å². The monoisotopic (exact) mass is 363 g/mol. The molecule has 1 aromatic heterocycles. The SMILES string of the molecule is O=C1CN(c2ccccc2NC(=O)c2cc(=O)c3ccccc3o2)CCN1. The molecule has 0 atom stereocenters. The third-order valence-electron chi connectivity index (χ3n) is 4.39. The predicted molar refractivity (Wildman–Crippen MR) is 102 cm³/mol. The Hall–Kier alpha value is -3.61. The first-order valence-corrected chi connectivity index (χ1v) is 8.57. The van der Waals surface area contributed by atoms with Crippen molar-refractivity contribution in [2.45, 2.75) is 0 Å². The average Bonchev–Trinajstić information content (AvgIpc) is 2.68. The van der Waals surface area contributed by atoms with Gasteiger partial charge >= 0.3 is 0 Å². The molecule has 2 amide bonds. The highest BCUT2D eigenvalue weighted by atomic mass is 16.3. The lowest BCUT2D eigenvalue weighted by atomic mass is 10.2. The van der Waals surface area contributed by atoms with Gasteiger partial charge in [-0.15, -0.1) is 0 Å². The van der Waals surface area contributed by atoms with Crippen LogP contribution in [0, 0.1) is 0 Å². The van der Waals surface area contributed by atoms with Crippen LogP contribution in [0.4, 0.5) is 11.4 Å². The van der Waals surface area contributed by atoms with Gasteiger partial charge in [0.2, 0.25) is 5.91 Å². The highest BCUT2D eigenvalue weighted by molar-refractivity contribution is 6.05. The van der Waals surface area contributed by atoms with Crippen molar-refractivity contribution in [2.75, 3.05) is 29.9 Å². The molecule has 7 heteroatoms. The summed E-state index contributed by atoms with van der Waals surface area (Å²) in [6.07, 6.45) is 0. The molecule has 2 aromatic carbocycles. The van der Waals surface area contributed by atoms with E-state index >= 15 is 0 Å². The molecule has 7 nitrogen and oxygen atoms in total. The van der Waals surface area contributed by atoms with E-state index in [-0.39, 0.29) is 23.6 Å². The summed E-state index contributed by atoms with van der Waals surface area (Å²) in [6.45, 7) is 1.41. The van der Waals surface area contributed by atoms with Crippen LogP contribution in [0.25, 0.3) is 11.0 Å². The molecular weight excluding hydrogens is 346 g/mol. The molecule has 1 aliphatic rings. The quantitative estimate of drug-likeness (QED) is 0.742. The molecule has 1 aliphatic heterocycles. The van der Waals surface area contributed by atoms with Crippen molar-refractivity contribution in [3.8, 4) is 0 Å². The van der Waals surface area contributed by atoms with E-state index in [4.69, 9.17) is 4.42 Å². The Balaban J connectivity index is 1.64. The first kappa shape index (κ1) is 16.8. The molecule has 2 N–H and O–H groups in total. The van der Waals surface area contributed by atoms with Crippen molar-refractivity contribution >= 4 is 34.2 Å². The topological polar surface area (TPSA) is 91.7 Å². The molecule has 0 spiro atoms. The summed E-state index contributed by atoms with van der Waals surface area (Å²) >= 11 is 0. The Kier molecular flexibility index (Phi) is 4.33. The number of rotatable bonds is 3. The number of benzene rings is 2. The van der Waals surface area contributed by atoms with Crippen LogP contribution in [0.3, 0.4) is 0 Å². The highest BCUT2D eigenvalue weighted by Gasteiger charge is 2.20. The highest BCUT2D eigenvalue weighted by Crippen LogP contribution is 2.26. The van der Waals surface area contributed by atoms with E-state index in [9.17, 15) is 14.4 Å². The number of anilines is 2. The van der Waals surface area contributed by atoms with Crippen LogP contribution >= 0.6 is 0 Å². The molecule has 4 rings (SSSR count). The average molecular weight is 363 g/mol. The van der Waals surface area contributed by atoms with E-state index in [0.29, 0.717) is 29.7 Å². The predicted octanol–water partition coefficient (Wildman–Crippen LogP) is 1.98. The van der Waals surface area contributed by atoms with Gasteiger partial charge < -0.3 is 20.0 Å². The van der Waals surface area contributed by atoms with Gasteiger partial charge in [-0.25, -0.2) is 0 Å². The zero-order chi connectivity index (χ0) is 18.8. The van der Waals surface area contributed by atoms with Gasteiger partial charge in [0.05, 0.1) is 23.3 Å². The second-order valence-corrected chi connectivity index (χ2v) is 6.21. The molecule has 1 saturated heterocycles. The summed E-state index contributed by atoms with van der Waals surface area (Å²) in [5.41, 5.74) is 1.37. The number of fused-ring (bicyclic) bond motifs is 1. The Labute approximate surface area is 154 Å². The van der Waals surface area contributed by atoms with Crippen molar-refractivity contribution < 1.29 is 14.0 Å². The van der Waals surface area contributed by atoms with Crippen molar-refractivity contribution in [2.24, 2.45) is 0 Å². The van der Waals surface area contributed by atoms with E-state index in [1.54, 1.807) is 36.4 Å². The van der Waals surface area contributed by atoms with E-state index in [0.717, 1.165) is 5.69 Å². The number of nitrogens with zero attached hydrogens (tertiary/aromatic N) is 1. The summed E-state index contributed by atoms with van der Waals surface area (Å²) < 4.78 is 5.59. The van der Waals surface area contributed by atoms with Crippen LogP contribution in [0.5, 0.6) is 0 Å². The smallest absolute Gasteiger partial charge is 0.291 e. The van der Waals surface area contributed by atoms with Crippen LogP contribution in [0.1, 0.15) is 10.6 Å². The van der Waals surface area contributed by atoms with Gasteiger partial charge in [-0.1, -0.05) is 24.3 Å². The number of carbonyl (C=O) groups excluding carboxylic acids is 2. The Morgan fingerprint density at radius 3 is 2.70 bits per heavy atom. The molecular formula is C20H17N3O4. The van der Waals surface area contributed by atoms with Crippen LogP contribution in [0.15, 0.2) is 63.8 Å². The van der Waals surface area contributed by atoms with E-state index < -0.39 is 5.91 Å². The number of para-hydroxylation sites is 3. The van der Waals surface area contributed by atoms with Crippen LogP contribution in [-0.4, -0.2) is 31.4 Å². The van der Waals surface area contributed by atoms with Gasteiger partial charge in [-0.05, 0) is 24.3 Å². The molecule has 27 heavy (non-hydrogen) atoms. The Morgan fingerprint density at radius 2 is 1.85 bits per heavy atom. The first-order chi connectivity index (χ1) is 13.1. The van der Waals surface area contributed by atoms with Crippen LogP contribution in [0.2, 0.25) is 0 Å². The third kappa shape index (κ3) is 3.39. The van der Waals surface area contributed by atoms with Gasteiger partial charge in [-0.3, -0.25) is 14.4 Å². The fourth-order valence-corrected chi connectivity index (χ4v) is 3.10. The van der Waals surface area contributed by atoms with Crippen molar-refractivity contribution in [3.63, 3.8) is 0 Å². The maximum absolute atomic E-state index is 12.7. The molecule has 2 heterocycles. The minimum absolute atomic E-state index is 0.0649. The summed E-state index contributed by atoms with van der Waals surface area (Å²) in [7, 11) is 0. The summed E-state index contributed by atoms with van der Waals surface area (Å²) in [5.74, 6) is -0.653. The molecule has 136 valence electrons. The second kappa shape index (κ2) is 6.95. The zero-order valence-electron chi connectivity index (χ0n) is 14.4. The van der Waals surface area contributed by atoms with E-state index in [1.807, 2.05) is 17.0 Å². The second-order valence-electron chi connectivity index (χ2n) is 6.21. The number of amides is 2. The van der Waals surface area contributed by atoms with Crippen molar-refractivity contribution in [1.82, 2.24) is 5.32 Å². The standard InChI is InChI=1S/C20H17N3O4/c24-16-11-18(27-17-8-4-1-5-13(16)17)20(26)22-14-6-2-3-7-15(14)23-10-9-21-19(25)12-23/h1-8,11H,9-10,12H2,(H,21,25)(H,22,26). The number of carbonyl (C=O) groups is 2. The minimum Gasteiger partial charge on any atom is -0.451 e. The minimum atomic E-state index is -0.522. The molecule has 0 bridgehead atoms. The maximum Gasteiger partial charge on any atom is 0.291 e. The lowest BCUT2D eigenvalue weighted by Gasteiger charge is -2.30. The molecule has 0 unspecified atom stereocenters. The lowest BCUT2D eigenvalue weighted by Crippen LogP contribution is -2.47. The summed E-state index contributed by atoms with van der Waals surface area (Å²) in [5, 5.41) is 5.98.